The van der Waals surface area contributed by atoms with E-state index in [1.54, 1.807) is 18.2 Å². The Kier molecular flexibility index (Phi) is 5.19. The van der Waals surface area contributed by atoms with Gasteiger partial charge >= 0.3 is 0 Å². The minimum Gasteiger partial charge on any atom is -0.495 e. The van der Waals surface area contributed by atoms with Gasteiger partial charge in [0.05, 0.1) is 24.4 Å². The summed E-state index contributed by atoms with van der Waals surface area (Å²) in [6.07, 6.45) is 1.61. The minimum absolute atomic E-state index is 0.00495. The monoisotopic (exact) mass is 246 g/mol. The molecule has 0 heterocycles. The number of carbonyl (C=O) groups excluding carboxylic acids is 1. The first-order valence-electron chi connectivity index (χ1n) is 6.05. The number of carbonyl (C=O) groups is 1. The third-order valence-corrected chi connectivity index (χ3v) is 2.94. The molecule has 1 rings (SSSR count). The number of anilines is 1. The summed E-state index contributed by atoms with van der Waals surface area (Å²) in [5.74, 6) is 0.502. The molecule has 0 fully saturated rings. The number of benzene rings is 1. The van der Waals surface area contributed by atoms with Crippen molar-refractivity contribution in [2.24, 2.45) is 5.92 Å². The molecule has 0 saturated carbocycles. The van der Waals surface area contributed by atoms with Crippen LogP contribution in [0.4, 0.5) is 5.69 Å². The Hall–Kier alpha value is -2.02. The third kappa shape index (κ3) is 3.24. The van der Waals surface area contributed by atoms with Gasteiger partial charge in [0, 0.05) is 12.0 Å². The van der Waals surface area contributed by atoms with Crippen molar-refractivity contribution in [3.63, 3.8) is 0 Å². The highest BCUT2D eigenvalue weighted by Gasteiger charge is 2.16. The van der Waals surface area contributed by atoms with E-state index in [2.05, 4.69) is 5.32 Å². The number of amides is 1. The lowest BCUT2D eigenvalue weighted by Gasteiger charge is -2.15. The quantitative estimate of drug-likeness (QED) is 0.868. The van der Waals surface area contributed by atoms with Gasteiger partial charge in [-0.25, -0.2) is 0 Å². The summed E-state index contributed by atoms with van der Waals surface area (Å²) in [4.78, 5) is 12.0. The molecule has 4 nitrogen and oxygen atoms in total. The van der Waals surface area contributed by atoms with E-state index in [1.165, 1.54) is 7.11 Å². The van der Waals surface area contributed by atoms with Crippen molar-refractivity contribution in [2.75, 3.05) is 12.4 Å². The fourth-order valence-corrected chi connectivity index (χ4v) is 1.76. The maximum absolute atomic E-state index is 12.0. The fourth-order valence-electron chi connectivity index (χ4n) is 1.76. The molecular formula is C14H18N2O2. The largest absolute Gasteiger partial charge is 0.495 e. The molecule has 0 aliphatic rings. The first-order valence-corrected chi connectivity index (χ1v) is 6.05. The van der Waals surface area contributed by atoms with E-state index in [0.717, 1.165) is 12.8 Å². The zero-order valence-electron chi connectivity index (χ0n) is 11.0. The van der Waals surface area contributed by atoms with Crippen LogP contribution < -0.4 is 10.1 Å². The van der Waals surface area contributed by atoms with Crippen LogP contribution in [0.5, 0.6) is 5.75 Å². The number of nitriles is 1. The molecule has 0 aliphatic carbocycles. The van der Waals surface area contributed by atoms with Crippen molar-refractivity contribution < 1.29 is 9.53 Å². The molecule has 0 spiro atoms. The van der Waals surface area contributed by atoms with Crippen LogP contribution >= 0.6 is 0 Å². The predicted octanol–water partition coefficient (Wildman–Crippen LogP) is 2.94. The second kappa shape index (κ2) is 6.65. The highest BCUT2D eigenvalue weighted by atomic mass is 16.5. The summed E-state index contributed by atoms with van der Waals surface area (Å²) < 4.78 is 5.17. The summed E-state index contributed by atoms with van der Waals surface area (Å²) >= 11 is 0. The van der Waals surface area contributed by atoms with Crippen LogP contribution in [0, 0.1) is 17.2 Å². The lowest BCUT2D eigenvalue weighted by molar-refractivity contribution is -0.120. The van der Waals surface area contributed by atoms with E-state index in [-0.39, 0.29) is 11.8 Å². The molecule has 0 radical (unpaired) electrons. The van der Waals surface area contributed by atoms with Crippen molar-refractivity contribution in [3.05, 3.63) is 23.8 Å². The van der Waals surface area contributed by atoms with Gasteiger partial charge in [0.1, 0.15) is 5.75 Å². The highest BCUT2D eigenvalue weighted by Crippen LogP contribution is 2.26. The number of nitrogens with zero attached hydrogens (tertiary/aromatic N) is 1. The van der Waals surface area contributed by atoms with Crippen molar-refractivity contribution >= 4 is 11.6 Å². The van der Waals surface area contributed by atoms with Crippen LogP contribution in [0.2, 0.25) is 0 Å². The van der Waals surface area contributed by atoms with Gasteiger partial charge in [-0.2, -0.15) is 5.26 Å². The molecule has 0 atom stereocenters. The number of hydrogen-bond donors (Lipinski definition) is 1. The zero-order chi connectivity index (χ0) is 13.5. The molecule has 4 heteroatoms. The number of rotatable bonds is 5. The standard InChI is InChI=1S/C14H18N2O2/c1-4-11(5-2)14(17)16-12-7-6-10(9-15)8-13(12)18-3/h6-8,11H,4-5H2,1-3H3,(H,16,17). The third-order valence-electron chi connectivity index (χ3n) is 2.94. The molecule has 0 bridgehead atoms. The van der Waals surface area contributed by atoms with Crippen LogP contribution in [-0.2, 0) is 4.79 Å². The first-order chi connectivity index (χ1) is 8.65. The van der Waals surface area contributed by atoms with Gasteiger partial charge < -0.3 is 10.1 Å². The molecule has 18 heavy (non-hydrogen) atoms. The Labute approximate surface area is 108 Å². The van der Waals surface area contributed by atoms with E-state index in [9.17, 15) is 4.79 Å². The van der Waals surface area contributed by atoms with E-state index in [0.29, 0.717) is 17.0 Å². The topological polar surface area (TPSA) is 62.1 Å². The van der Waals surface area contributed by atoms with Crippen molar-refractivity contribution in [1.29, 1.82) is 5.26 Å². The van der Waals surface area contributed by atoms with Crippen LogP contribution in [-0.4, -0.2) is 13.0 Å². The second-order valence-corrected chi connectivity index (χ2v) is 4.03. The first kappa shape index (κ1) is 14.0. The minimum atomic E-state index is -0.0111. The average Bonchev–Trinajstić information content (AvgIpc) is 2.40. The number of ether oxygens (including phenoxy) is 1. The maximum atomic E-state index is 12.0. The van der Waals surface area contributed by atoms with Gasteiger partial charge in [-0.3, -0.25) is 4.79 Å². The maximum Gasteiger partial charge on any atom is 0.227 e. The molecule has 0 unspecified atom stereocenters. The Balaban J connectivity index is 2.91. The fraction of sp³-hybridized carbons (Fsp3) is 0.429. The molecule has 1 amide bonds. The molecule has 0 aromatic heterocycles. The second-order valence-electron chi connectivity index (χ2n) is 4.03. The van der Waals surface area contributed by atoms with Gasteiger partial charge in [-0.15, -0.1) is 0 Å². The summed E-state index contributed by atoms with van der Waals surface area (Å²) in [6, 6.07) is 7.00. The van der Waals surface area contributed by atoms with Crippen LogP contribution in [0.15, 0.2) is 18.2 Å². The van der Waals surface area contributed by atoms with E-state index < -0.39 is 0 Å². The summed E-state index contributed by atoms with van der Waals surface area (Å²) in [7, 11) is 1.52. The Morgan fingerprint density at radius 3 is 2.61 bits per heavy atom. The zero-order valence-corrected chi connectivity index (χ0v) is 11.0. The van der Waals surface area contributed by atoms with Crippen LogP contribution in [0.1, 0.15) is 32.3 Å². The van der Waals surface area contributed by atoms with Crippen LogP contribution in [0.25, 0.3) is 0 Å². The van der Waals surface area contributed by atoms with Crippen molar-refractivity contribution in [1.82, 2.24) is 0 Å². The van der Waals surface area contributed by atoms with E-state index >= 15 is 0 Å². The van der Waals surface area contributed by atoms with Gasteiger partial charge in [-0.1, -0.05) is 13.8 Å². The Bertz CT molecular complexity index is 459. The smallest absolute Gasteiger partial charge is 0.227 e. The lowest BCUT2D eigenvalue weighted by atomic mass is 10.0. The molecule has 0 aliphatic heterocycles. The van der Waals surface area contributed by atoms with E-state index in [4.69, 9.17) is 10.00 Å². The molecule has 1 aromatic rings. The molecular weight excluding hydrogens is 228 g/mol. The Morgan fingerprint density at radius 1 is 1.44 bits per heavy atom. The summed E-state index contributed by atoms with van der Waals surface area (Å²) in [5, 5.41) is 11.6. The number of hydrogen-bond acceptors (Lipinski definition) is 3. The van der Waals surface area contributed by atoms with Crippen LogP contribution in [0.3, 0.4) is 0 Å². The summed E-state index contributed by atoms with van der Waals surface area (Å²) in [5.41, 5.74) is 1.11. The highest BCUT2D eigenvalue weighted by molar-refractivity contribution is 5.94. The predicted molar refractivity (Wildman–Crippen MR) is 70.4 cm³/mol. The molecule has 0 saturated heterocycles. The van der Waals surface area contributed by atoms with Crippen molar-refractivity contribution in [2.45, 2.75) is 26.7 Å². The molecule has 96 valence electrons. The van der Waals surface area contributed by atoms with Gasteiger partial charge in [-0.05, 0) is 25.0 Å². The van der Waals surface area contributed by atoms with E-state index in [1.807, 2.05) is 19.9 Å². The van der Waals surface area contributed by atoms with Gasteiger partial charge in [0.15, 0.2) is 0 Å². The molecule has 1 aromatic carbocycles. The lowest BCUT2D eigenvalue weighted by Crippen LogP contribution is -2.21. The molecule has 1 N–H and O–H groups in total. The normalized spacial score (nSPS) is 9.94. The average molecular weight is 246 g/mol. The number of nitrogens with one attached hydrogen (secondary N) is 1. The van der Waals surface area contributed by atoms with Gasteiger partial charge in [0.2, 0.25) is 5.91 Å². The number of methoxy groups -OCH3 is 1. The van der Waals surface area contributed by atoms with Crippen molar-refractivity contribution in [3.8, 4) is 11.8 Å². The SMILES string of the molecule is CCC(CC)C(=O)Nc1ccc(C#N)cc1OC. The van der Waals surface area contributed by atoms with Gasteiger partial charge in [0.25, 0.3) is 0 Å². The Morgan fingerprint density at radius 2 is 2.11 bits per heavy atom. The summed E-state index contributed by atoms with van der Waals surface area (Å²) in [6.45, 7) is 3.98.